The van der Waals surface area contributed by atoms with Crippen molar-refractivity contribution in [2.45, 2.75) is 0 Å². The summed E-state index contributed by atoms with van der Waals surface area (Å²) < 4.78 is 24.6. The van der Waals surface area contributed by atoms with E-state index in [4.69, 9.17) is 17.3 Å². The summed E-state index contributed by atoms with van der Waals surface area (Å²) in [6.45, 7) is 0. The number of aromatic amines is 1. The lowest BCUT2D eigenvalue weighted by Gasteiger charge is -2.05. The molecule has 4 N–H and O–H groups in total. The van der Waals surface area contributed by atoms with Gasteiger partial charge >= 0.3 is 0 Å². The molecule has 1 heterocycles. The minimum atomic E-state index is -3.38. The number of rotatable bonds is 2. The molecule has 0 bridgehead atoms. The molecule has 1 aromatic heterocycles. The molecule has 16 heavy (non-hydrogen) atoms. The second-order valence-electron chi connectivity index (χ2n) is 3.38. The number of nitrogen functional groups attached to an aromatic ring is 1. The summed E-state index contributed by atoms with van der Waals surface area (Å²) in [5.41, 5.74) is 6.78. The monoisotopic (exact) mass is 260 g/mol. The Kier molecular flexibility index (Phi) is 2.43. The van der Waals surface area contributed by atoms with Crippen molar-refractivity contribution < 1.29 is 8.42 Å². The maximum atomic E-state index is 11.1. The molecule has 0 unspecified atom stereocenters. The molecule has 6 nitrogen and oxygen atoms in total. The number of nitrogens with zero attached hydrogens (tertiary/aromatic N) is 1. The third kappa shape index (κ3) is 2.05. The SMILES string of the molecule is CS(=O)(=O)Nc1cc(N)cc2c(Cl)[nH]nc12. The number of sulfonamides is 1. The van der Waals surface area contributed by atoms with Gasteiger partial charge in [0.2, 0.25) is 10.0 Å². The van der Waals surface area contributed by atoms with Gasteiger partial charge in [-0.15, -0.1) is 0 Å². The molecule has 0 amide bonds. The van der Waals surface area contributed by atoms with E-state index in [9.17, 15) is 8.42 Å². The van der Waals surface area contributed by atoms with Gasteiger partial charge < -0.3 is 5.73 Å². The summed E-state index contributed by atoms with van der Waals surface area (Å²) in [5, 5.41) is 7.35. The molecule has 2 rings (SSSR count). The quantitative estimate of drug-likeness (QED) is 0.706. The van der Waals surface area contributed by atoms with E-state index in [1.54, 1.807) is 6.07 Å². The van der Waals surface area contributed by atoms with Crippen LogP contribution in [0.5, 0.6) is 0 Å². The van der Waals surface area contributed by atoms with Gasteiger partial charge in [-0.3, -0.25) is 9.82 Å². The Bertz CT molecular complexity index is 649. The lowest BCUT2D eigenvalue weighted by Crippen LogP contribution is -2.10. The first-order valence-electron chi connectivity index (χ1n) is 4.28. The van der Waals surface area contributed by atoms with Crippen LogP contribution in [0.1, 0.15) is 0 Å². The van der Waals surface area contributed by atoms with Crippen LogP contribution < -0.4 is 10.5 Å². The molecule has 0 atom stereocenters. The van der Waals surface area contributed by atoms with Gasteiger partial charge in [0.05, 0.1) is 11.9 Å². The number of nitrogens with two attached hydrogens (primary N) is 1. The average Bonchev–Trinajstić information content (AvgIpc) is 2.45. The van der Waals surface area contributed by atoms with Crippen molar-refractivity contribution in [2.75, 3.05) is 16.7 Å². The Morgan fingerprint density at radius 2 is 2.19 bits per heavy atom. The van der Waals surface area contributed by atoms with Gasteiger partial charge in [-0.25, -0.2) is 8.42 Å². The molecule has 86 valence electrons. The number of H-pyrrole nitrogens is 1. The Morgan fingerprint density at radius 3 is 2.81 bits per heavy atom. The summed E-state index contributed by atoms with van der Waals surface area (Å²) in [5.74, 6) is 0. The van der Waals surface area contributed by atoms with E-state index < -0.39 is 10.0 Å². The van der Waals surface area contributed by atoms with E-state index in [0.717, 1.165) is 6.26 Å². The number of hydrogen-bond donors (Lipinski definition) is 3. The van der Waals surface area contributed by atoms with E-state index >= 15 is 0 Å². The molecule has 1 aromatic carbocycles. The molecular weight excluding hydrogens is 252 g/mol. The third-order valence-corrected chi connectivity index (χ3v) is 2.81. The number of benzene rings is 1. The lowest BCUT2D eigenvalue weighted by molar-refractivity contribution is 0.607. The zero-order chi connectivity index (χ0) is 11.9. The van der Waals surface area contributed by atoms with E-state index in [0.29, 0.717) is 27.4 Å². The summed E-state index contributed by atoms with van der Waals surface area (Å²) in [6.07, 6.45) is 1.05. The minimum absolute atomic E-state index is 0.306. The van der Waals surface area contributed by atoms with Crippen molar-refractivity contribution in [3.8, 4) is 0 Å². The van der Waals surface area contributed by atoms with Gasteiger partial charge in [0.15, 0.2) is 0 Å². The standard InChI is InChI=1S/C8H9ClN4O2S/c1-16(14,15)13-6-3-4(10)2-5-7(6)11-12-8(5)9/h2-3,13H,10H2,1H3,(H,11,12). The van der Waals surface area contributed by atoms with Crippen LogP contribution >= 0.6 is 11.6 Å². The van der Waals surface area contributed by atoms with Crippen LogP contribution in [-0.4, -0.2) is 24.9 Å². The molecule has 8 heteroatoms. The second-order valence-corrected chi connectivity index (χ2v) is 5.50. The van der Waals surface area contributed by atoms with E-state index in [1.807, 2.05) is 0 Å². The predicted octanol–water partition coefficient (Wildman–Crippen LogP) is 1.17. The summed E-state index contributed by atoms with van der Waals surface area (Å²) >= 11 is 5.84. The number of anilines is 2. The van der Waals surface area contributed by atoms with Gasteiger partial charge in [-0.2, -0.15) is 5.10 Å². The average molecular weight is 261 g/mol. The number of hydrogen-bond acceptors (Lipinski definition) is 4. The fourth-order valence-electron chi connectivity index (χ4n) is 1.39. The van der Waals surface area contributed by atoms with Gasteiger partial charge in [0.1, 0.15) is 10.7 Å². The van der Waals surface area contributed by atoms with Gasteiger partial charge in [0, 0.05) is 11.1 Å². The molecule has 0 aliphatic carbocycles. The van der Waals surface area contributed by atoms with Crippen molar-refractivity contribution in [1.29, 1.82) is 0 Å². The number of halogens is 1. The first kappa shape index (κ1) is 11.0. The Hall–Kier alpha value is -1.47. The molecule has 2 aromatic rings. The van der Waals surface area contributed by atoms with Crippen molar-refractivity contribution >= 4 is 43.9 Å². The van der Waals surface area contributed by atoms with Crippen LogP contribution in [0.4, 0.5) is 11.4 Å². The van der Waals surface area contributed by atoms with Crippen molar-refractivity contribution in [3.63, 3.8) is 0 Å². The largest absolute Gasteiger partial charge is 0.399 e. The topological polar surface area (TPSA) is 101 Å². The lowest BCUT2D eigenvalue weighted by atomic mass is 10.2. The zero-order valence-electron chi connectivity index (χ0n) is 8.28. The van der Waals surface area contributed by atoms with Crippen LogP contribution in [0.2, 0.25) is 5.15 Å². The Morgan fingerprint density at radius 1 is 1.50 bits per heavy atom. The second kappa shape index (κ2) is 3.53. The molecule has 0 fully saturated rings. The fourth-order valence-corrected chi connectivity index (χ4v) is 2.13. The fraction of sp³-hybridized carbons (Fsp3) is 0.125. The Balaban J connectivity index is 2.69. The molecular formula is C8H9ClN4O2S. The number of fused-ring (bicyclic) bond motifs is 1. The molecule has 0 saturated heterocycles. The highest BCUT2D eigenvalue weighted by molar-refractivity contribution is 7.92. The zero-order valence-corrected chi connectivity index (χ0v) is 9.85. The third-order valence-electron chi connectivity index (χ3n) is 1.93. The highest BCUT2D eigenvalue weighted by Crippen LogP contribution is 2.29. The van der Waals surface area contributed by atoms with Crippen LogP contribution in [0.3, 0.4) is 0 Å². The van der Waals surface area contributed by atoms with Gasteiger partial charge in [0.25, 0.3) is 0 Å². The van der Waals surface area contributed by atoms with Crippen molar-refractivity contribution in [3.05, 3.63) is 17.3 Å². The van der Waals surface area contributed by atoms with Gasteiger partial charge in [-0.1, -0.05) is 11.6 Å². The van der Waals surface area contributed by atoms with Crippen LogP contribution in [-0.2, 0) is 10.0 Å². The predicted molar refractivity (Wildman–Crippen MR) is 64.0 cm³/mol. The van der Waals surface area contributed by atoms with Crippen molar-refractivity contribution in [1.82, 2.24) is 10.2 Å². The van der Waals surface area contributed by atoms with Crippen molar-refractivity contribution in [2.24, 2.45) is 0 Å². The van der Waals surface area contributed by atoms with E-state index in [2.05, 4.69) is 14.9 Å². The molecule has 0 spiro atoms. The summed E-state index contributed by atoms with van der Waals surface area (Å²) in [4.78, 5) is 0. The summed E-state index contributed by atoms with van der Waals surface area (Å²) in [6, 6.07) is 3.11. The van der Waals surface area contributed by atoms with Crippen LogP contribution in [0.25, 0.3) is 10.9 Å². The number of aromatic nitrogens is 2. The normalized spacial score (nSPS) is 11.9. The van der Waals surface area contributed by atoms with Crippen LogP contribution in [0, 0.1) is 0 Å². The van der Waals surface area contributed by atoms with Gasteiger partial charge in [-0.05, 0) is 12.1 Å². The highest BCUT2D eigenvalue weighted by Gasteiger charge is 2.12. The molecule has 0 aliphatic rings. The maximum absolute atomic E-state index is 11.1. The first-order chi connectivity index (χ1) is 7.37. The Labute approximate surface area is 96.8 Å². The highest BCUT2D eigenvalue weighted by atomic mass is 35.5. The summed E-state index contributed by atoms with van der Waals surface area (Å²) in [7, 11) is -3.38. The first-order valence-corrected chi connectivity index (χ1v) is 6.54. The molecule has 0 aliphatic heterocycles. The minimum Gasteiger partial charge on any atom is -0.399 e. The number of nitrogens with one attached hydrogen (secondary N) is 2. The smallest absolute Gasteiger partial charge is 0.229 e. The van der Waals surface area contributed by atoms with E-state index in [-0.39, 0.29) is 0 Å². The molecule has 0 saturated carbocycles. The van der Waals surface area contributed by atoms with E-state index in [1.165, 1.54) is 6.07 Å². The van der Waals surface area contributed by atoms with Crippen LogP contribution in [0.15, 0.2) is 12.1 Å². The molecule has 0 radical (unpaired) electrons. The maximum Gasteiger partial charge on any atom is 0.229 e.